The number of aromatic nitrogens is 2. The largest absolute Gasteiger partial charge is 0.343 e. The zero-order valence-electron chi connectivity index (χ0n) is 16.2. The highest BCUT2D eigenvalue weighted by atomic mass is 32.1. The number of benzene rings is 1. The molecule has 0 N–H and O–H groups in total. The molecule has 1 fully saturated rings. The van der Waals surface area contributed by atoms with Crippen LogP contribution >= 0.6 is 11.3 Å². The van der Waals surface area contributed by atoms with Crippen molar-refractivity contribution in [3.8, 4) is 11.1 Å². The lowest BCUT2D eigenvalue weighted by Gasteiger charge is -2.20. The van der Waals surface area contributed by atoms with Crippen molar-refractivity contribution in [3.63, 3.8) is 0 Å². The van der Waals surface area contributed by atoms with Crippen molar-refractivity contribution >= 4 is 27.5 Å². The summed E-state index contributed by atoms with van der Waals surface area (Å²) in [5.41, 5.74) is 3.07. The first kappa shape index (κ1) is 18.9. The smallest absolute Gasteiger partial charge is 0.262 e. The Morgan fingerprint density at radius 1 is 1.11 bits per heavy atom. The van der Waals surface area contributed by atoms with Gasteiger partial charge in [0.15, 0.2) is 0 Å². The van der Waals surface area contributed by atoms with E-state index in [1.54, 1.807) is 10.9 Å². The van der Waals surface area contributed by atoms with Gasteiger partial charge in [0.2, 0.25) is 5.91 Å². The van der Waals surface area contributed by atoms with Gasteiger partial charge in [0.1, 0.15) is 4.83 Å². The summed E-state index contributed by atoms with van der Waals surface area (Å²) in [4.78, 5) is 32.8. The number of thiophene rings is 1. The molecule has 0 spiro atoms. The number of aryl methyl sites for hydroxylation is 2. The first-order valence-corrected chi connectivity index (χ1v) is 10.8. The van der Waals surface area contributed by atoms with Gasteiger partial charge in [-0.2, -0.15) is 0 Å². The lowest BCUT2D eigenvalue weighted by Crippen LogP contribution is -2.33. The van der Waals surface area contributed by atoms with Crippen molar-refractivity contribution in [1.29, 1.82) is 0 Å². The Morgan fingerprint density at radius 2 is 1.82 bits per heavy atom. The van der Waals surface area contributed by atoms with Gasteiger partial charge in [0.05, 0.1) is 11.7 Å². The Kier molecular flexibility index (Phi) is 5.57. The van der Waals surface area contributed by atoms with Crippen molar-refractivity contribution in [1.82, 2.24) is 14.5 Å². The molecule has 0 radical (unpaired) electrons. The van der Waals surface area contributed by atoms with Crippen LogP contribution in [0.2, 0.25) is 0 Å². The van der Waals surface area contributed by atoms with E-state index in [0.29, 0.717) is 18.4 Å². The van der Waals surface area contributed by atoms with E-state index in [2.05, 4.69) is 4.98 Å². The maximum atomic E-state index is 13.1. The van der Waals surface area contributed by atoms with Crippen LogP contribution in [0.5, 0.6) is 0 Å². The van der Waals surface area contributed by atoms with Crippen molar-refractivity contribution in [2.24, 2.45) is 0 Å². The van der Waals surface area contributed by atoms with Crippen LogP contribution < -0.4 is 5.56 Å². The highest BCUT2D eigenvalue weighted by molar-refractivity contribution is 7.17. The summed E-state index contributed by atoms with van der Waals surface area (Å²) in [6, 6.07) is 8.17. The molecule has 1 aliphatic heterocycles. The number of nitrogens with zero attached hydrogens (tertiary/aromatic N) is 3. The normalized spacial score (nSPS) is 15.0. The molecule has 1 amide bonds. The molecule has 0 aliphatic carbocycles. The molecule has 3 heterocycles. The van der Waals surface area contributed by atoms with Gasteiger partial charge in [-0.25, -0.2) is 4.98 Å². The lowest BCUT2D eigenvalue weighted by atomic mass is 10.1. The van der Waals surface area contributed by atoms with E-state index in [0.717, 1.165) is 41.9 Å². The monoisotopic (exact) mass is 395 g/mol. The average molecular weight is 396 g/mol. The summed E-state index contributed by atoms with van der Waals surface area (Å²) >= 11 is 1.49. The maximum absolute atomic E-state index is 13.1. The fourth-order valence-corrected chi connectivity index (χ4v) is 4.67. The molecule has 0 unspecified atom stereocenters. The highest BCUT2D eigenvalue weighted by Crippen LogP contribution is 2.30. The number of carbonyl (C=O) groups is 1. The molecule has 2 aromatic heterocycles. The van der Waals surface area contributed by atoms with Crippen LogP contribution in [0.4, 0.5) is 0 Å². The van der Waals surface area contributed by atoms with Crippen molar-refractivity contribution in [2.45, 2.75) is 45.6 Å². The Labute approximate surface area is 168 Å². The number of fused-ring (bicyclic) bond motifs is 1. The van der Waals surface area contributed by atoms with E-state index in [1.165, 1.54) is 29.7 Å². The van der Waals surface area contributed by atoms with Gasteiger partial charge < -0.3 is 4.90 Å². The van der Waals surface area contributed by atoms with Crippen LogP contribution in [0.15, 0.2) is 40.8 Å². The molecular weight excluding hydrogens is 370 g/mol. The summed E-state index contributed by atoms with van der Waals surface area (Å²) < 4.78 is 1.59. The molecule has 3 aromatic rings. The molecule has 5 nitrogen and oxygen atoms in total. The van der Waals surface area contributed by atoms with Crippen LogP contribution in [0.3, 0.4) is 0 Å². The number of rotatable bonds is 4. The molecule has 1 saturated heterocycles. The number of hydrogen-bond donors (Lipinski definition) is 0. The Balaban J connectivity index is 1.57. The summed E-state index contributed by atoms with van der Waals surface area (Å²) in [6.07, 6.45) is 6.47. The van der Waals surface area contributed by atoms with E-state index in [4.69, 9.17) is 0 Å². The zero-order chi connectivity index (χ0) is 19.5. The van der Waals surface area contributed by atoms with Crippen LogP contribution in [0.25, 0.3) is 21.3 Å². The molecule has 0 atom stereocenters. The second-order valence-electron chi connectivity index (χ2n) is 7.48. The summed E-state index contributed by atoms with van der Waals surface area (Å²) in [5, 5.41) is 2.65. The van der Waals surface area contributed by atoms with E-state index >= 15 is 0 Å². The van der Waals surface area contributed by atoms with E-state index in [9.17, 15) is 9.59 Å². The van der Waals surface area contributed by atoms with Crippen LogP contribution in [0.1, 0.15) is 37.7 Å². The van der Waals surface area contributed by atoms with E-state index < -0.39 is 0 Å². The minimum atomic E-state index is -0.0644. The molecule has 146 valence electrons. The summed E-state index contributed by atoms with van der Waals surface area (Å²) in [5.74, 6) is 0.137. The third kappa shape index (κ3) is 3.87. The fourth-order valence-electron chi connectivity index (χ4n) is 3.77. The van der Waals surface area contributed by atoms with Crippen molar-refractivity contribution in [2.75, 3.05) is 13.1 Å². The Hall–Kier alpha value is -2.47. The van der Waals surface area contributed by atoms with Gasteiger partial charge in [-0.1, -0.05) is 42.7 Å². The van der Waals surface area contributed by atoms with Gasteiger partial charge in [-0.3, -0.25) is 14.2 Å². The second kappa shape index (κ2) is 8.27. The summed E-state index contributed by atoms with van der Waals surface area (Å²) in [6.45, 7) is 4.10. The van der Waals surface area contributed by atoms with Crippen LogP contribution in [-0.2, 0) is 11.3 Å². The lowest BCUT2D eigenvalue weighted by molar-refractivity contribution is -0.131. The standard InChI is InChI=1S/C22H25N3O2S/c1-16-6-8-17(9-7-16)18-14-28-21-20(18)22(27)25(15-23-21)13-10-19(26)24-11-4-2-3-5-12-24/h6-9,14-15H,2-5,10-13H2,1H3. The first-order chi connectivity index (χ1) is 13.6. The molecule has 4 rings (SSSR count). The SMILES string of the molecule is Cc1ccc(-c2csc3ncn(CCC(=O)N4CCCCCC4)c(=O)c23)cc1. The quantitative estimate of drug-likeness (QED) is 0.664. The van der Waals surface area contributed by atoms with E-state index in [-0.39, 0.29) is 11.5 Å². The highest BCUT2D eigenvalue weighted by Gasteiger charge is 2.17. The topological polar surface area (TPSA) is 55.2 Å². The minimum Gasteiger partial charge on any atom is -0.343 e. The minimum absolute atomic E-state index is 0.0644. The van der Waals surface area contributed by atoms with Gasteiger partial charge >= 0.3 is 0 Å². The first-order valence-electron chi connectivity index (χ1n) is 9.95. The van der Waals surface area contributed by atoms with Gasteiger partial charge in [0.25, 0.3) is 5.56 Å². The molecule has 0 bridgehead atoms. The van der Waals surface area contributed by atoms with Gasteiger partial charge in [-0.05, 0) is 25.3 Å². The third-order valence-corrected chi connectivity index (χ3v) is 6.33. The van der Waals surface area contributed by atoms with Crippen molar-refractivity contribution < 1.29 is 4.79 Å². The molecule has 1 aromatic carbocycles. The van der Waals surface area contributed by atoms with Gasteiger partial charge in [0, 0.05) is 37.0 Å². The number of carbonyl (C=O) groups excluding carboxylic acids is 1. The zero-order valence-corrected chi connectivity index (χ0v) is 17.0. The maximum Gasteiger partial charge on any atom is 0.262 e. The van der Waals surface area contributed by atoms with Gasteiger partial charge in [-0.15, -0.1) is 11.3 Å². The van der Waals surface area contributed by atoms with E-state index in [1.807, 2.05) is 41.5 Å². The molecule has 6 heteroatoms. The second-order valence-corrected chi connectivity index (χ2v) is 8.34. The van der Waals surface area contributed by atoms with Crippen molar-refractivity contribution in [3.05, 3.63) is 51.9 Å². The third-order valence-electron chi connectivity index (χ3n) is 5.45. The molecular formula is C22H25N3O2S. The number of likely N-dealkylation sites (tertiary alicyclic amines) is 1. The molecule has 1 aliphatic rings. The Morgan fingerprint density at radius 3 is 2.54 bits per heavy atom. The average Bonchev–Trinajstić information content (AvgIpc) is 2.95. The molecule has 28 heavy (non-hydrogen) atoms. The predicted molar refractivity (Wildman–Crippen MR) is 114 cm³/mol. The molecule has 0 saturated carbocycles. The predicted octanol–water partition coefficient (Wildman–Crippen LogP) is 4.23. The number of hydrogen-bond acceptors (Lipinski definition) is 4. The summed E-state index contributed by atoms with van der Waals surface area (Å²) in [7, 11) is 0. The number of amides is 1. The van der Waals surface area contributed by atoms with Crippen LogP contribution in [-0.4, -0.2) is 33.4 Å². The Bertz CT molecular complexity index is 1030. The van der Waals surface area contributed by atoms with Crippen LogP contribution in [0, 0.1) is 6.92 Å². The fraction of sp³-hybridized carbons (Fsp3) is 0.409.